The topological polar surface area (TPSA) is 34.9 Å². The van der Waals surface area contributed by atoms with Crippen molar-refractivity contribution in [1.82, 2.24) is 9.55 Å². The highest BCUT2D eigenvalue weighted by molar-refractivity contribution is 7.21. The zero-order valence-electron chi connectivity index (χ0n) is 12.6. The Morgan fingerprint density at radius 1 is 1.04 bits per heavy atom. The first-order valence-electron chi connectivity index (χ1n) is 7.50. The fraction of sp³-hybridized carbons (Fsp3) is 0.0526. The van der Waals surface area contributed by atoms with Gasteiger partial charge in [0.05, 0.1) is 18.3 Å². The average Bonchev–Trinajstić information content (AvgIpc) is 3.05. The number of hydrogen-bond acceptors (Lipinski definition) is 3. The van der Waals surface area contributed by atoms with Crippen LogP contribution < -0.4 is 5.56 Å². The van der Waals surface area contributed by atoms with Crippen LogP contribution in [-0.2, 0) is 6.54 Å². The summed E-state index contributed by atoms with van der Waals surface area (Å²) < 4.78 is 1.60. The first kappa shape index (κ1) is 15.1. The number of fused-ring (bicyclic) bond motifs is 1. The summed E-state index contributed by atoms with van der Waals surface area (Å²) >= 11 is 7.73. The van der Waals surface area contributed by atoms with Crippen molar-refractivity contribution in [2.75, 3.05) is 0 Å². The highest BCUT2D eigenvalue weighted by atomic mass is 35.5. The van der Waals surface area contributed by atoms with E-state index in [0.717, 1.165) is 20.8 Å². The van der Waals surface area contributed by atoms with Gasteiger partial charge in [0.15, 0.2) is 0 Å². The highest BCUT2D eigenvalue weighted by Crippen LogP contribution is 2.30. The SMILES string of the molecule is O=c1c2cc(-c3ccccc3)sc2ncn1Cc1ccccc1Cl. The van der Waals surface area contributed by atoms with E-state index in [-0.39, 0.29) is 5.56 Å². The molecule has 0 aliphatic heterocycles. The van der Waals surface area contributed by atoms with Gasteiger partial charge < -0.3 is 0 Å². The number of halogens is 1. The molecule has 3 nitrogen and oxygen atoms in total. The van der Waals surface area contributed by atoms with Crippen LogP contribution in [0.1, 0.15) is 5.56 Å². The minimum atomic E-state index is -0.0432. The summed E-state index contributed by atoms with van der Waals surface area (Å²) in [6.45, 7) is 0.415. The summed E-state index contributed by atoms with van der Waals surface area (Å²) in [4.78, 5) is 19.0. The maximum Gasteiger partial charge on any atom is 0.262 e. The van der Waals surface area contributed by atoms with Gasteiger partial charge in [-0.05, 0) is 23.3 Å². The van der Waals surface area contributed by atoms with Crippen LogP contribution >= 0.6 is 22.9 Å². The number of thiophene rings is 1. The molecule has 5 heteroatoms. The molecule has 0 aliphatic rings. The van der Waals surface area contributed by atoms with Crippen molar-refractivity contribution < 1.29 is 0 Å². The van der Waals surface area contributed by atoms with Crippen LogP contribution in [0.25, 0.3) is 20.7 Å². The minimum Gasteiger partial charge on any atom is -0.294 e. The van der Waals surface area contributed by atoms with Crippen molar-refractivity contribution in [2.24, 2.45) is 0 Å². The molecule has 0 radical (unpaired) electrons. The van der Waals surface area contributed by atoms with Crippen molar-refractivity contribution in [3.05, 3.63) is 87.9 Å². The number of aromatic nitrogens is 2. The third-order valence-corrected chi connectivity index (χ3v) is 5.34. The van der Waals surface area contributed by atoms with E-state index >= 15 is 0 Å². The maximum absolute atomic E-state index is 12.8. The van der Waals surface area contributed by atoms with Gasteiger partial charge >= 0.3 is 0 Å². The van der Waals surface area contributed by atoms with Crippen LogP contribution in [0.2, 0.25) is 5.02 Å². The molecule has 0 atom stereocenters. The summed E-state index contributed by atoms with van der Waals surface area (Å²) in [5.74, 6) is 0. The molecule has 4 rings (SSSR count). The molecule has 0 aliphatic carbocycles. The Morgan fingerprint density at radius 3 is 2.58 bits per heavy atom. The van der Waals surface area contributed by atoms with Gasteiger partial charge in [0.2, 0.25) is 0 Å². The van der Waals surface area contributed by atoms with E-state index in [1.807, 2.05) is 60.7 Å². The number of nitrogens with zero attached hydrogens (tertiary/aromatic N) is 2. The van der Waals surface area contributed by atoms with E-state index in [0.29, 0.717) is 17.0 Å². The third kappa shape index (κ3) is 2.75. The van der Waals surface area contributed by atoms with Crippen LogP contribution in [0, 0.1) is 0 Å². The number of rotatable bonds is 3. The first-order valence-corrected chi connectivity index (χ1v) is 8.69. The van der Waals surface area contributed by atoms with Gasteiger partial charge in [-0.15, -0.1) is 11.3 Å². The molecule has 2 heterocycles. The van der Waals surface area contributed by atoms with Crippen molar-refractivity contribution >= 4 is 33.2 Å². The molecule has 2 aromatic carbocycles. The van der Waals surface area contributed by atoms with Gasteiger partial charge in [0.1, 0.15) is 4.83 Å². The molecule has 0 unspecified atom stereocenters. The zero-order valence-corrected chi connectivity index (χ0v) is 14.2. The Labute approximate surface area is 147 Å². The number of hydrogen-bond donors (Lipinski definition) is 0. The predicted octanol–water partition coefficient (Wildman–Crippen LogP) is 4.83. The smallest absolute Gasteiger partial charge is 0.262 e. The van der Waals surface area contributed by atoms with Crippen molar-refractivity contribution in [3.8, 4) is 10.4 Å². The molecule has 2 aromatic heterocycles. The molecule has 0 fully saturated rings. The largest absolute Gasteiger partial charge is 0.294 e. The monoisotopic (exact) mass is 352 g/mol. The number of benzene rings is 2. The summed E-state index contributed by atoms with van der Waals surface area (Å²) in [5.41, 5.74) is 1.96. The summed E-state index contributed by atoms with van der Waals surface area (Å²) in [7, 11) is 0. The van der Waals surface area contributed by atoms with Gasteiger partial charge in [-0.25, -0.2) is 4.98 Å². The molecule has 0 saturated heterocycles. The highest BCUT2D eigenvalue weighted by Gasteiger charge is 2.11. The van der Waals surface area contributed by atoms with Gasteiger partial charge in [0.25, 0.3) is 5.56 Å². The molecule has 0 N–H and O–H groups in total. The Hall–Kier alpha value is -2.43. The lowest BCUT2D eigenvalue weighted by molar-refractivity contribution is 0.749. The summed E-state index contributed by atoms with van der Waals surface area (Å²) in [5, 5.41) is 1.30. The van der Waals surface area contributed by atoms with Gasteiger partial charge in [0, 0.05) is 9.90 Å². The van der Waals surface area contributed by atoms with E-state index in [9.17, 15) is 4.79 Å². The lowest BCUT2D eigenvalue weighted by atomic mass is 10.2. The molecular formula is C19H13ClN2OS. The lowest BCUT2D eigenvalue weighted by Crippen LogP contribution is -2.20. The van der Waals surface area contributed by atoms with Crippen molar-refractivity contribution in [3.63, 3.8) is 0 Å². The Bertz CT molecular complexity index is 1070. The van der Waals surface area contributed by atoms with E-state index in [1.165, 1.54) is 11.3 Å². The molecule has 0 saturated carbocycles. The molecule has 24 heavy (non-hydrogen) atoms. The maximum atomic E-state index is 12.8. The third-order valence-electron chi connectivity index (χ3n) is 3.87. The zero-order chi connectivity index (χ0) is 16.5. The molecule has 0 bridgehead atoms. The standard InChI is InChI=1S/C19H13ClN2OS/c20-16-9-5-4-8-14(16)11-22-12-21-18-15(19(22)23)10-17(24-18)13-6-2-1-3-7-13/h1-10,12H,11H2. The Morgan fingerprint density at radius 2 is 1.79 bits per heavy atom. The van der Waals surface area contributed by atoms with Crippen LogP contribution in [0.15, 0.2) is 71.8 Å². The van der Waals surface area contributed by atoms with E-state index < -0.39 is 0 Å². The summed E-state index contributed by atoms with van der Waals surface area (Å²) in [6, 6.07) is 19.5. The molecule has 0 spiro atoms. The second-order valence-corrected chi connectivity index (χ2v) is 6.90. The molecule has 118 valence electrons. The minimum absolute atomic E-state index is 0.0432. The Balaban J connectivity index is 1.78. The normalized spacial score (nSPS) is 11.0. The van der Waals surface area contributed by atoms with Crippen LogP contribution in [0.3, 0.4) is 0 Å². The quantitative estimate of drug-likeness (QED) is 0.529. The van der Waals surface area contributed by atoms with E-state index in [1.54, 1.807) is 10.9 Å². The van der Waals surface area contributed by atoms with Gasteiger partial charge in [-0.3, -0.25) is 9.36 Å². The average molecular weight is 353 g/mol. The van der Waals surface area contributed by atoms with Crippen LogP contribution in [0.5, 0.6) is 0 Å². The van der Waals surface area contributed by atoms with Crippen LogP contribution in [-0.4, -0.2) is 9.55 Å². The van der Waals surface area contributed by atoms with Crippen LogP contribution in [0.4, 0.5) is 0 Å². The van der Waals surface area contributed by atoms with E-state index in [2.05, 4.69) is 4.98 Å². The second-order valence-electron chi connectivity index (χ2n) is 5.46. The molecular weight excluding hydrogens is 340 g/mol. The molecule has 0 amide bonds. The predicted molar refractivity (Wildman–Crippen MR) is 99.9 cm³/mol. The Kier molecular flexibility index (Phi) is 3.92. The lowest BCUT2D eigenvalue weighted by Gasteiger charge is -2.06. The molecule has 4 aromatic rings. The van der Waals surface area contributed by atoms with Crippen molar-refractivity contribution in [2.45, 2.75) is 6.54 Å². The van der Waals surface area contributed by atoms with Gasteiger partial charge in [-0.2, -0.15) is 0 Å². The van der Waals surface area contributed by atoms with E-state index in [4.69, 9.17) is 11.6 Å². The first-order chi connectivity index (χ1) is 11.7. The second kappa shape index (κ2) is 6.23. The summed E-state index contributed by atoms with van der Waals surface area (Å²) in [6.07, 6.45) is 1.60. The van der Waals surface area contributed by atoms with Crippen molar-refractivity contribution in [1.29, 1.82) is 0 Å². The fourth-order valence-electron chi connectivity index (χ4n) is 2.63. The fourth-order valence-corrected chi connectivity index (χ4v) is 3.82. The van der Waals surface area contributed by atoms with Gasteiger partial charge in [-0.1, -0.05) is 60.1 Å².